The van der Waals surface area contributed by atoms with E-state index in [1.54, 1.807) is 19.2 Å². The normalized spacial score (nSPS) is 12.6. The van der Waals surface area contributed by atoms with Crippen molar-refractivity contribution in [1.82, 2.24) is 10.2 Å². The molecule has 0 bridgehead atoms. The smallest absolute Gasteiger partial charge is 0.244 e. The van der Waals surface area contributed by atoms with Crippen molar-refractivity contribution in [2.75, 3.05) is 24.2 Å². The molecule has 0 saturated heterocycles. The fourth-order valence-electron chi connectivity index (χ4n) is 4.11. The number of ether oxygens (including phenoxy) is 1. The highest BCUT2D eigenvalue weighted by Crippen LogP contribution is 2.27. The lowest BCUT2D eigenvalue weighted by molar-refractivity contribution is -0.141. The summed E-state index contributed by atoms with van der Waals surface area (Å²) in [4.78, 5) is 28.5. The average molecular weight is 518 g/mol. The van der Waals surface area contributed by atoms with Crippen LogP contribution in [0.2, 0.25) is 0 Å². The van der Waals surface area contributed by atoms with Gasteiger partial charge in [-0.15, -0.1) is 0 Å². The van der Waals surface area contributed by atoms with Gasteiger partial charge in [0.1, 0.15) is 18.3 Å². The molecule has 2 aromatic rings. The molecular formula is C27H39N3O5S. The van der Waals surface area contributed by atoms with E-state index in [2.05, 4.69) is 5.32 Å². The molecule has 0 aliphatic heterocycles. The number of sulfonamides is 1. The number of carbonyl (C=O) groups excluding carboxylic acids is 2. The van der Waals surface area contributed by atoms with E-state index >= 15 is 0 Å². The first kappa shape index (κ1) is 29.2. The number of nitrogens with one attached hydrogen (secondary N) is 1. The Morgan fingerprint density at radius 1 is 1.06 bits per heavy atom. The maximum Gasteiger partial charge on any atom is 0.244 e. The van der Waals surface area contributed by atoms with Crippen molar-refractivity contribution in [3.63, 3.8) is 0 Å². The highest BCUT2D eigenvalue weighted by molar-refractivity contribution is 7.92. The minimum absolute atomic E-state index is 0.121. The molecule has 0 aliphatic carbocycles. The Bertz CT molecular complexity index is 1170. The summed E-state index contributed by atoms with van der Waals surface area (Å²) < 4.78 is 32.2. The number of anilines is 1. The van der Waals surface area contributed by atoms with E-state index in [9.17, 15) is 18.0 Å². The van der Waals surface area contributed by atoms with E-state index in [4.69, 9.17) is 4.74 Å². The lowest BCUT2D eigenvalue weighted by atomic mass is 10.1. The number of aryl methyl sites for hydroxylation is 2. The molecule has 1 atom stereocenters. The van der Waals surface area contributed by atoms with Gasteiger partial charge in [-0.05, 0) is 69.9 Å². The number of nitrogens with zero attached hydrogens (tertiary/aromatic N) is 2. The first-order valence-electron chi connectivity index (χ1n) is 12.0. The molecule has 9 heteroatoms. The molecule has 0 fully saturated rings. The first-order valence-corrected chi connectivity index (χ1v) is 13.8. The second-order valence-electron chi connectivity index (χ2n) is 10.0. The van der Waals surface area contributed by atoms with Crippen molar-refractivity contribution in [1.29, 1.82) is 0 Å². The van der Waals surface area contributed by atoms with Crippen LogP contribution in [-0.2, 0) is 26.2 Å². The third kappa shape index (κ3) is 7.71. The molecule has 0 heterocycles. The van der Waals surface area contributed by atoms with E-state index in [-0.39, 0.29) is 12.5 Å². The van der Waals surface area contributed by atoms with Crippen molar-refractivity contribution in [3.05, 3.63) is 59.2 Å². The zero-order valence-electron chi connectivity index (χ0n) is 22.6. The topological polar surface area (TPSA) is 96.0 Å². The highest BCUT2D eigenvalue weighted by atomic mass is 32.2. The molecule has 0 spiro atoms. The molecule has 8 nitrogen and oxygen atoms in total. The minimum atomic E-state index is -3.79. The number of rotatable bonds is 10. The predicted molar refractivity (Wildman–Crippen MR) is 144 cm³/mol. The Hall–Kier alpha value is -3.07. The van der Waals surface area contributed by atoms with Gasteiger partial charge in [0.05, 0.1) is 19.1 Å². The van der Waals surface area contributed by atoms with Crippen LogP contribution in [-0.4, -0.2) is 56.6 Å². The molecule has 36 heavy (non-hydrogen) atoms. The quantitative estimate of drug-likeness (QED) is 0.517. The molecule has 0 aromatic heterocycles. The fourth-order valence-corrected chi connectivity index (χ4v) is 5.08. The summed E-state index contributed by atoms with van der Waals surface area (Å²) in [6, 6.07) is 11.9. The molecule has 2 aromatic carbocycles. The molecular weight excluding hydrogens is 478 g/mol. The van der Waals surface area contributed by atoms with Crippen LogP contribution in [0.15, 0.2) is 42.5 Å². The Balaban J connectivity index is 2.53. The molecule has 0 saturated carbocycles. The number of amides is 2. The second kappa shape index (κ2) is 11.8. The van der Waals surface area contributed by atoms with Crippen LogP contribution in [0.25, 0.3) is 0 Å². The van der Waals surface area contributed by atoms with Crippen LogP contribution < -0.4 is 14.4 Å². The van der Waals surface area contributed by atoms with Gasteiger partial charge in [0.25, 0.3) is 0 Å². The predicted octanol–water partition coefficient (Wildman–Crippen LogP) is 3.80. The lowest BCUT2D eigenvalue weighted by Crippen LogP contribution is -2.55. The lowest BCUT2D eigenvalue weighted by Gasteiger charge is -2.35. The second-order valence-corrected chi connectivity index (χ2v) is 12.0. The average Bonchev–Trinajstić information content (AvgIpc) is 2.76. The third-order valence-electron chi connectivity index (χ3n) is 5.74. The number of hydrogen-bond acceptors (Lipinski definition) is 5. The fraction of sp³-hybridized carbons (Fsp3) is 0.481. The Kier molecular flexibility index (Phi) is 9.54. The molecule has 0 unspecified atom stereocenters. The monoisotopic (exact) mass is 517 g/mol. The van der Waals surface area contributed by atoms with Crippen LogP contribution in [0.1, 0.15) is 50.8 Å². The highest BCUT2D eigenvalue weighted by Gasteiger charge is 2.33. The standard InChI is InChI=1S/C27H39N3O5S/c1-9-23(26(32)28-27(4,5)6)29(17-21-14-11-15-22(16-21)35-7)24(31)18-30(36(8,33)34)25-19(2)12-10-13-20(25)3/h10-16,23H,9,17-18H2,1-8H3,(H,28,32)/t23-/m0/s1. The van der Waals surface area contributed by atoms with Crippen LogP contribution in [0, 0.1) is 13.8 Å². The van der Waals surface area contributed by atoms with Gasteiger partial charge < -0.3 is 15.0 Å². The van der Waals surface area contributed by atoms with Gasteiger partial charge in [0, 0.05) is 12.1 Å². The van der Waals surface area contributed by atoms with Crippen LogP contribution in [0.5, 0.6) is 5.75 Å². The summed E-state index contributed by atoms with van der Waals surface area (Å²) >= 11 is 0. The van der Waals surface area contributed by atoms with Crippen molar-refractivity contribution >= 4 is 27.5 Å². The minimum Gasteiger partial charge on any atom is -0.497 e. The van der Waals surface area contributed by atoms with Gasteiger partial charge >= 0.3 is 0 Å². The van der Waals surface area contributed by atoms with Crippen molar-refractivity contribution < 1.29 is 22.7 Å². The van der Waals surface area contributed by atoms with Crippen molar-refractivity contribution in [3.8, 4) is 5.75 Å². The molecule has 2 amide bonds. The largest absolute Gasteiger partial charge is 0.497 e. The summed E-state index contributed by atoms with van der Waals surface area (Å²) in [5.74, 6) is -0.138. The summed E-state index contributed by atoms with van der Waals surface area (Å²) in [6.45, 7) is 10.8. The zero-order chi connectivity index (χ0) is 27.3. The van der Waals surface area contributed by atoms with Crippen LogP contribution in [0.4, 0.5) is 5.69 Å². The van der Waals surface area contributed by atoms with Crippen molar-refractivity contribution in [2.45, 2.75) is 66.1 Å². The number of para-hydroxylation sites is 1. The van der Waals surface area contributed by atoms with Crippen LogP contribution >= 0.6 is 0 Å². The maximum atomic E-state index is 13.8. The molecule has 1 N–H and O–H groups in total. The van der Waals surface area contributed by atoms with E-state index in [1.807, 2.05) is 71.9 Å². The first-order chi connectivity index (χ1) is 16.7. The van der Waals surface area contributed by atoms with E-state index in [0.717, 1.165) is 27.3 Å². The van der Waals surface area contributed by atoms with E-state index in [0.29, 0.717) is 17.9 Å². The SMILES string of the molecule is CC[C@@H](C(=O)NC(C)(C)C)N(Cc1cccc(OC)c1)C(=O)CN(c1c(C)cccc1C)S(C)(=O)=O. The Morgan fingerprint density at radius 3 is 2.14 bits per heavy atom. The molecule has 2 rings (SSSR count). The Morgan fingerprint density at radius 2 is 1.64 bits per heavy atom. The van der Waals surface area contributed by atoms with Crippen LogP contribution in [0.3, 0.4) is 0 Å². The van der Waals surface area contributed by atoms with Gasteiger partial charge in [-0.3, -0.25) is 13.9 Å². The van der Waals surface area contributed by atoms with Gasteiger partial charge in [-0.1, -0.05) is 37.3 Å². The summed E-state index contributed by atoms with van der Waals surface area (Å²) in [5.41, 5.74) is 2.23. The third-order valence-corrected chi connectivity index (χ3v) is 6.85. The van der Waals surface area contributed by atoms with Gasteiger partial charge in [0.15, 0.2) is 0 Å². The number of methoxy groups -OCH3 is 1. The number of hydrogen-bond donors (Lipinski definition) is 1. The van der Waals surface area contributed by atoms with E-state index in [1.165, 1.54) is 4.90 Å². The summed E-state index contributed by atoms with van der Waals surface area (Å²) in [6.07, 6.45) is 1.45. The van der Waals surface area contributed by atoms with Gasteiger partial charge in [-0.2, -0.15) is 0 Å². The molecule has 198 valence electrons. The maximum absolute atomic E-state index is 13.8. The summed E-state index contributed by atoms with van der Waals surface area (Å²) in [5, 5.41) is 2.96. The van der Waals surface area contributed by atoms with E-state index < -0.39 is 34.1 Å². The Labute approximate surface area is 215 Å². The number of carbonyl (C=O) groups is 2. The van der Waals surface area contributed by atoms with Gasteiger partial charge in [0.2, 0.25) is 21.8 Å². The zero-order valence-corrected chi connectivity index (χ0v) is 23.4. The van der Waals surface area contributed by atoms with Gasteiger partial charge in [-0.25, -0.2) is 8.42 Å². The molecule has 0 radical (unpaired) electrons. The summed E-state index contributed by atoms with van der Waals surface area (Å²) in [7, 11) is -2.23. The van der Waals surface area contributed by atoms with Crippen molar-refractivity contribution in [2.24, 2.45) is 0 Å². The molecule has 0 aliphatic rings. The number of benzene rings is 2.